The molecule has 0 aliphatic heterocycles. The Morgan fingerprint density at radius 1 is 1.07 bits per heavy atom. The van der Waals surface area contributed by atoms with Crippen molar-refractivity contribution in [2.75, 3.05) is 5.32 Å². The molecule has 0 spiro atoms. The van der Waals surface area contributed by atoms with Crippen LogP contribution in [0.15, 0.2) is 42.6 Å². The third kappa shape index (κ3) is 2.61. The van der Waals surface area contributed by atoms with E-state index in [1.165, 1.54) is 0 Å². The molecule has 0 unspecified atom stereocenters. The van der Waals surface area contributed by atoms with Crippen LogP contribution in [0, 0.1) is 0 Å². The summed E-state index contributed by atoms with van der Waals surface area (Å²) in [7, 11) is 0. The summed E-state index contributed by atoms with van der Waals surface area (Å²) in [4.78, 5) is 4.10. The third-order valence-electron chi connectivity index (χ3n) is 1.84. The molecule has 1 aromatic carbocycles. The highest BCUT2D eigenvalue weighted by atomic mass is 35.5. The number of benzene rings is 1. The molecule has 1 heterocycles. The van der Waals surface area contributed by atoms with E-state index in [0.717, 1.165) is 5.69 Å². The predicted molar refractivity (Wildman–Crippen MR) is 64.0 cm³/mol. The van der Waals surface area contributed by atoms with Crippen LogP contribution in [0.2, 0.25) is 10.0 Å². The number of hydrogen-bond acceptors (Lipinski definition) is 2. The number of anilines is 2. The summed E-state index contributed by atoms with van der Waals surface area (Å²) < 4.78 is 0. The number of pyridine rings is 1. The normalized spacial score (nSPS) is 10.0. The molecule has 2 rings (SSSR count). The van der Waals surface area contributed by atoms with Crippen LogP contribution in [-0.4, -0.2) is 4.98 Å². The number of para-hydroxylation sites is 1. The molecule has 0 radical (unpaired) electrons. The van der Waals surface area contributed by atoms with E-state index >= 15 is 0 Å². The van der Waals surface area contributed by atoms with Gasteiger partial charge < -0.3 is 5.32 Å². The maximum atomic E-state index is 5.97. The van der Waals surface area contributed by atoms with Gasteiger partial charge in [0.05, 0.1) is 10.0 Å². The van der Waals surface area contributed by atoms with Crippen LogP contribution in [0.3, 0.4) is 0 Å². The zero-order valence-electron chi connectivity index (χ0n) is 7.74. The molecule has 0 fully saturated rings. The summed E-state index contributed by atoms with van der Waals surface area (Å²) in [5, 5.41) is 4.13. The lowest BCUT2D eigenvalue weighted by Crippen LogP contribution is -1.93. The van der Waals surface area contributed by atoms with Crippen molar-refractivity contribution in [2.45, 2.75) is 0 Å². The van der Waals surface area contributed by atoms with Gasteiger partial charge in [0.25, 0.3) is 0 Å². The molecule has 0 aliphatic rings. The fraction of sp³-hybridized carbons (Fsp3) is 0. The van der Waals surface area contributed by atoms with E-state index in [-0.39, 0.29) is 0 Å². The lowest BCUT2D eigenvalue weighted by atomic mass is 10.3. The van der Waals surface area contributed by atoms with Crippen molar-refractivity contribution in [1.29, 1.82) is 0 Å². The Morgan fingerprint density at radius 2 is 1.80 bits per heavy atom. The first kappa shape index (κ1) is 10.3. The number of halogens is 2. The van der Waals surface area contributed by atoms with Crippen molar-refractivity contribution in [3.63, 3.8) is 0 Å². The van der Waals surface area contributed by atoms with Crippen molar-refractivity contribution in [3.8, 4) is 0 Å². The van der Waals surface area contributed by atoms with Gasteiger partial charge in [0.2, 0.25) is 0 Å². The molecule has 2 nitrogen and oxygen atoms in total. The average molecular weight is 239 g/mol. The Labute approximate surface area is 97.9 Å². The molecule has 1 N–H and O–H groups in total. The van der Waals surface area contributed by atoms with Gasteiger partial charge in [-0.25, -0.2) is 4.98 Å². The molecule has 0 aliphatic carbocycles. The Morgan fingerprint density at radius 3 is 2.47 bits per heavy atom. The summed E-state index contributed by atoms with van der Waals surface area (Å²) in [6.45, 7) is 0. The second-order valence-electron chi connectivity index (χ2n) is 2.97. The Kier molecular flexibility index (Phi) is 3.09. The standard InChI is InChI=1S/C11H8Cl2N2/c12-8-6-10(13)11(14-7-8)15-9-4-2-1-3-5-9/h1-7H,(H,14,15). The third-order valence-corrected chi connectivity index (χ3v) is 2.34. The highest BCUT2D eigenvalue weighted by molar-refractivity contribution is 6.36. The van der Waals surface area contributed by atoms with Crippen molar-refractivity contribution >= 4 is 34.7 Å². The van der Waals surface area contributed by atoms with Gasteiger partial charge in [-0.1, -0.05) is 41.4 Å². The van der Waals surface area contributed by atoms with Crippen LogP contribution in [0.4, 0.5) is 11.5 Å². The maximum absolute atomic E-state index is 5.97. The van der Waals surface area contributed by atoms with Crippen molar-refractivity contribution in [1.82, 2.24) is 4.98 Å². The first-order valence-corrected chi connectivity index (χ1v) is 5.14. The number of nitrogens with zero attached hydrogens (tertiary/aromatic N) is 1. The van der Waals surface area contributed by atoms with E-state index in [4.69, 9.17) is 23.2 Å². The molecular weight excluding hydrogens is 231 g/mol. The van der Waals surface area contributed by atoms with E-state index in [1.54, 1.807) is 12.3 Å². The van der Waals surface area contributed by atoms with Gasteiger partial charge in [0, 0.05) is 11.9 Å². The van der Waals surface area contributed by atoms with Crippen LogP contribution >= 0.6 is 23.2 Å². The number of aromatic nitrogens is 1. The quantitative estimate of drug-likeness (QED) is 0.852. The van der Waals surface area contributed by atoms with Crippen LogP contribution in [0.25, 0.3) is 0 Å². The maximum Gasteiger partial charge on any atom is 0.149 e. The molecular formula is C11H8Cl2N2. The summed E-state index contributed by atoms with van der Waals surface area (Å²) in [6, 6.07) is 11.3. The van der Waals surface area contributed by atoms with Gasteiger partial charge in [-0.15, -0.1) is 0 Å². The molecule has 0 amide bonds. The fourth-order valence-corrected chi connectivity index (χ4v) is 1.59. The number of rotatable bonds is 2. The second-order valence-corrected chi connectivity index (χ2v) is 3.82. The van der Waals surface area contributed by atoms with Crippen LogP contribution < -0.4 is 5.32 Å². The van der Waals surface area contributed by atoms with Gasteiger partial charge in [-0.3, -0.25) is 0 Å². The highest BCUT2D eigenvalue weighted by Gasteiger charge is 2.02. The number of hydrogen-bond donors (Lipinski definition) is 1. The van der Waals surface area contributed by atoms with Gasteiger partial charge in [0.1, 0.15) is 5.82 Å². The number of nitrogens with one attached hydrogen (secondary N) is 1. The highest BCUT2D eigenvalue weighted by Crippen LogP contribution is 2.25. The smallest absolute Gasteiger partial charge is 0.149 e. The minimum absolute atomic E-state index is 0.506. The molecule has 0 saturated heterocycles. The van der Waals surface area contributed by atoms with E-state index in [9.17, 15) is 0 Å². The first-order valence-electron chi connectivity index (χ1n) is 4.39. The van der Waals surface area contributed by atoms with Crippen molar-refractivity contribution in [2.24, 2.45) is 0 Å². The summed E-state index contributed by atoms with van der Waals surface area (Å²) in [5.41, 5.74) is 0.939. The van der Waals surface area contributed by atoms with E-state index < -0.39 is 0 Å². The molecule has 15 heavy (non-hydrogen) atoms. The summed E-state index contributed by atoms with van der Waals surface area (Å²) >= 11 is 11.7. The molecule has 76 valence electrons. The minimum Gasteiger partial charge on any atom is -0.339 e. The van der Waals surface area contributed by atoms with E-state index in [0.29, 0.717) is 15.9 Å². The zero-order chi connectivity index (χ0) is 10.7. The largest absolute Gasteiger partial charge is 0.339 e. The summed E-state index contributed by atoms with van der Waals surface area (Å²) in [5.74, 6) is 0.604. The lowest BCUT2D eigenvalue weighted by Gasteiger charge is -2.06. The monoisotopic (exact) mass is 238 g/mol. The van der Waals surface area contributed by atoms with E-state index in [2.05, 4.69) is 10.3 Å². The Bertz CT molecular complexity index is 457. The van der Waals surface area contributed by atoms with Crippen molar-refractivity contribution < 1.29 is 0 Å². The molecule has 2 aromatic rings. The minimum atomic E-state index is 0.506. The van der Waals surface area contributed by atoms with Crippen LogP contribution in [-0.2, 0) is 0 Å². The second kappa shape index (κ2) is 4.51. The average Bonchev–Trinajstić information content (AvgIpc) is 2.24. The lowest BCUT2D eigenvalue weighted by molar-refractivity contribution is 1.31. The molecule has 1 aromatic heterocycles. The summed E-state index contributed by atoms with van der Waals surface area (Å²) in [6.07, 6.45) is 1.55. The molecule has 4 heteroatoms. The van der Waals surface area contributed by atoms with Gasteiger partial charge in [0.15, 0.2) is 0 Å². The SMILES string of the molecule is Clc1cnc(Nc2ccccc2)c(Cl)c1. The zero-order valence-corrected chi connectivity index (χ0v) is 9.26. The molecule has 0 saturated carbocycles. The fourth-order valence-electron chi connectivity index (χ4n) is 1.16. The Hall–Kier alpha value is -1.25. The molecule has 0 bridgehead atoms. The van der Waals surface area contributed by atoms with Crippen molar-refractivity contribution in [3.05, 3.63) is 52.6 Å². The molecule has 0 atom stereocenters. The Balaban J connectivity index is 2.25. The first-order chi connectivity index (χ1) is 7.25. The van der Waals surface area contributed by atoms with Crippen LogP contribution in [0.5, 0.6) is 0 Å². The van der Waals surface area contributed by atoms with Gasteiger partial charge in [-0.05, 0) is 18.2 Å². The predicted octanol–water partition coefficient (Wildman–Crippen LogP) is 4.13. The topological polar surface area (TPSA) is 24.9 Å². The van der Waals surface area contributed by atoms with Crippen LogP contribution in [0.1, 0.15) is 0 Å². The van der Waals surface area contributed by atoms with Gasteiger partial charge in [-0.2, -0.15) is 0 Å². The van der Waals surface area contributed by atoms with E-state index in [1.807, 2.05) is 30.3 Å². The van der Waals surface area contributed by atoms with Gasteiger partial charge >= 0.3 is 0 Å².